The van der Waals surface area contributed by atoms with E-state index in [1.165, 1.54) is 0 Å². The van der Waals surface area contributed by atoms with Crippen molar-refractivity contribution in [3.05, 3.63) is 90.0 Å². The first-order chi connectivity index (χ1) is 15.1. The number of carbonyl (C=O) groups is 2. The zero-order valence-corrected chi connectivity index (χ0v) is 17.6. The van der Waals surface area contributed by atoms with E-state index in [2.05, 4.69) is 10.6 Å². The summed E-state index contributed by atoms with van der Waals surface area (Å²) in [5.74, 6) is 0.495. The molecule has 6 heteroatoms. The third-order valence-corrected chi connectivity index (χ3v) is 4.67. The van der Waals surface area contributed by atoms with Crippen molar-refractivity contribution in [1.29, 1.82) is 0 Å². The Hall–Kier alpha value is -3.80. The molecule has 0 aromatic heterocycles. The molecule has 0 aliphatic heterocycles. The molecule has 0 fully saturated rings. The van der Waals surface area contributed by atoms with E-state index in [0.717, 1.165) is 5.56 Å². The zero-order valence-electron chi connectivity index (χ0n) is 17.6. The van der Waals surface area contributed by atoms with Crippen LogP contribution in [0.15, 0.2) is 78.9 Å². The molecule has 0 heterocycles. The second-order valence-electron chi connectivity index (χ2n) is 6.87. The standard InChI is InChI=1S/C25H26N2O4/c1-3-31-22-15-14-20(17-23(22)30-2)26-25(29)21(16-18-10-6-4-7-11-18)27-24(28)19-12-8-5-9-13-19/h4-15,17,21H,3,16H2,1-2H3,(H,26,29)(H,27,28). The van der Waals surface area contributed by atoms with Crippen molar-refractivity contribution < 1.29 is 19.1 Å². The van der Waals surface area contributed by atoms with Gasteiger partial charge in [0.15, 0.2) is 11.5 Å². The number of rotatable bonds is 9. The molecule has 0 aliphatic carbocycles. The van der Waals surface area contributed by atoms with Crippen molar-refractivity contribution >= 4 is 17.5 Å². The van der Waals surface area contributed by atoms with Crippen molar-refractivity contribution in [2.24, 2.45) is 0 Å². The lowest BCUT2D eigenvalue weighted by Gasteiger charge is -2.19. The molecule has 6 nitrogen and oxygen atoms in total. The summed E-state index contributed by atoms with van der Waals surface area (Å²) >= 11 is 0. The zero-order chi connectivity index (χ0) is 22.1. The Labute approximate surface area is 182 Å². The van der Waals surface area contributed by atoms with Crippen LogP contribution in [-0.4, -0.2) is 31.6 Å². The summed E-state index contributed by atoms with van der Waals surface area (Å²) in [6.45, 7) is 2.39. The second kappa shape index (κ2) is 10.8. The maximum Gasteiger partial charge on any atom is 0.251 e. The molecular formula is C25H26N2O4. The van der Waals surface area contributed by atoms with Crippen LogP contribution in [0.3, 0.4) is 0 Å². The van der Waals surface area contributed by atoms with Crippen molar-refractivity contribution in [3.8, 4) is 11.5 Å². The Morgan fingerprint density at radius 3 is 2.23 bits per heavy atom. The van der Waals surface area contributed by atoms with E-state index in [-0.39, 0.29) is 11.8 Å². The number of anilines is 1. The third kappa shape index (κ3) is 6.09. The van der Waals surface area contributed by atoms with Gasteiger partial charge >= 0.3 is 0 Å². The van der Waals surface area contributed by atoms with E-state index in [9.17, 15) is 9.59 Å². The molecule has 0 bridgehead atoms. The van der Waals surface area contributed by atoms with E-state index in [4.69, 9.17) is 9.47 Å². The van der Waals surface area contributed by atoms with Gasteiger partial charge in [0.1, 0.15) is 6.04 Å². The van der Waals surface area contributed by atoms with E-state index in [1.54, 1.807) is 49.6 Å². The Morgan fingerprint density at radius 2 is 1.58 bits per heavy atom. The van der Waals surface area contributed by atoms with Crippen molar-refractivity contribution in [2.45, 2.75) is 19.4 Å². The van der Waals surface area contributed by atoms with Crippen LogP contribution in [0.25, 0.3) is 0 Å². The van der Waals surface area contributed by atoms with Gasteiger partial charge in [-0.2, -0.15) is 0 Å². The number of hydrogen-bond donors (Lipinski definition) is 2. The Balaban J connectivity index is 1.79. The molecule has 0 saturated heterocycles. The molecule has 0 spiro atoms. The van der Waals surface area contributed by atoms with Crippen LogP contribution >= 0.6 is 0 Å². The molecule has 160 valence electrons. The Kier molecular flexibility index (Phi) is 7.65. The first-order valence-electron chi connectivity index (χ1n) is 10.1. The van der Waals surface area contributed by atoms with Crippen LogP contribution < -0.4 is 20.1 Å². The normalized spacial score (nSPS) is 11.3. The fourth-order valence-electron chi connectivity index (χ4n) is 3.14. The van der Waals surface area contributed by atoms with Crippen molar-refractivity contribution in [1.82, 2.24) is 5.32 Å². The van der Waals surface area contributed by atoms with E-state index in [0.29, 0.717) is 35.8 Å². The van der Waals surface area contributed by atoms with Gasteiger partial charge in [-0.05, 0) is 36.8 Å². The highest BCUT2D eigenvalue weighted by Crippen LogP contribution is 2.30. The maximum atomic E-state index is 13.1. The van der Waals surface area contributed by atoms with Gasteiger partial charge in [0, 0.05) is 23.7 Å². The highest BCUT2D eigenvalue weighted by atomic mass is 16.5. The molecule has 3 rings (SSSR count). The van der Waals surface area contributed by atoms with Crippen LogP contribution in [0.1, 0.15) is 22.8 Å². The number of hydrogen-bond acceptors (Lipinski definition) is 4. The van der Waals surface area contributed by atoms with Crippen molar-refractivity contribution in [3.63, 3.8) is 0 Å². The average Bonchev–Trinajstić information content (AvgIpc) is 2.81. The number of nitrogens with one attached hydrogen (secondary N) is 2. The maximum absolute atomic E-state index is 13.1. The summed E-state index contributed by atoms with van der Waals surface area (Å²) in [6, 6.07) is 22.8. The molecule has 31 heavy (non-hydrogen) atoms. The molecule has 0 aliphatic rings. The van der Waals surface area contributed by atoms with Gasteiger partial charge in [-0.15, -0.1) is 0 Å². The van der Waals surface area contributed by atoms with E-state index in [1.807, 2.05) is 43.3 Å². The fourth-order valence-corrected chi connectivity index (χ4v) is 3.14. The Morgan fingerprint density at radius 1 is 0.903 bits per heavy atom. The number of carbonyl (C=O) groups excluding carboxylic acids is 2. The molecule has 3 aromatic carbocycles. The molecule has 2 N–H and O–H groups in total. The van der Waals surface area contributed by atoms with Crippen LogP contribution in [0.2, 0.25) is 0 Å². The minimum absolute atomic E-state index is 0.305. The van der Waals surface area contributed by atoms with E-state index < -0.39 is 6.04 Å². The first-order valence-corrected chi connectivity index (χ1v) is 10.1. The van der Waals surface area contributed by atoms with Crippen molar-refractivity contribution in [2.75, 3.05) is 19.0 Å². The van der Waals surface area contributed by atoms with Gasteiger partial charge in [0.25, 0.3) is 5.91 Å². The number of benzene rings is 3. The lowest BCUT2D eigenvalue weighted by atomic mass is 10.0. The van der Waals surface area contributed by atoms with Gasteiger partial charge in [-0.25, -0.2) is 0 Å². The highest BCUT2D eigenvalue weighted by molar-refractivity contribution is 6.01. The quantitative estimate of drug-likeness (QED) is 0.549. The van der Waals surface area contributed by atoms with Gasteiger partial charge in [0.2, 0.25) is 5.91 Å². The minimum Gasteiger partial charge on any atom is -0.493 e. The lowest BCUT2D eigenvalue weighted by Crippen LogP contribution is -2.45. The summed E-state index contributed by atoms with van der Waals surface area (Å²) in [4.78, 5) is 25.8. The summed E-state index contributed by atoms with van der Waals surface area (Å²) in [6.07, 6.45) is 0.361. The predicted molar refractivity (Wildman–Crippen MR) is 121 cm³/mol. The summed E-state index contributed by atoms with van der Waals surface area (Å²) in [5, 5.41) is 5.73. The number of amides is 2. The predicted octanol–water partition coefficient (Wildman–Crippen LogP) is 4.07. The second-order valence-corrected chi connectivity index (χ2v) is 6.87. The van der Waals surface area contributed by atoms with Crippen LogP contribution in [0, 0.1) is 0 Å². The highest BCUT2D eigenvalue weighted by Gasteiger charge is 2.22. The molecule has 0 saturated carbocycles. The number of ether oxygens (including phenoxy) is 2. The Bertz CT molecular complexity index is 1010. The van der Waals surface area contributed by atoms with Crippen LogP contribution in [0.5, 0.6) is 11.5 Å². The van der Waals surface area contributed by atoms with Gasteiger partial charge in [-0.3, -0.25) is 9.59 Å². The third-order valence-electron chi connectivity index (χ3n) is 4.67. The van der Waals surface area contributed by atoms with Crippen LogP contribution in [-0.2, 0) is 11.2 Å². The molecule has 3 aromatic rings. The summed E-state index contributed by atoms with van der Waals surface area (Å²) in [5.41, 5.74) is 1.99. The summed E-state index contributed by atoms with van der Waals surface area (Å²) < 4.78 is 10.9. The average molecular weight is 418 g/mol. The largest absolute Gasteiger partial charge is 0.493 e. The van der Waals surface area contributed by atoms with Gasteiger partial charge < -0.3 is 20.1 Å². The molecular weight excluding hydrogens is 392 g/mol. The first kappa shape index (κ1) is 21.9. The van der Waals surface area contributed by atoms with Crippen LogP contribution in [0.4, 0.5) is 5.69 Å². The minimum atomic E-state index is -0.757. The summed E-state index contributed by atoms with van der Waals surface area (Å²) in [7, 11) is 1.54. The molecule has 1 unspecified atom stereocenters. The van der Waals surface area contributed by atoms with Gasteiger partial charge in [-0.1, -0.05) is 48.5 Å². The smallest absolute Gasteiger partial charge is 0.251 e. The molecule has 2 amide bonds. The monoisotopic (exact) mass is 418 g/mol. The van der Waals surface area contributed by atoms with Gasteiger partial charge in [0.05, 0.1) is 13.7 Å². The van der Waals surface area contributed by atoms with E-state index >= 15 is 0 Å². The topological polar surface area (TPSA) is 76.7 Å². The SMILES string of the molecule is CCOc1ccc(NC(=O)C(Cc2ccccc2)NC(=O)c2ccccc2)cc1OC. The lowest BCUT2D eigenvalue weighted by molar-refractivity contribution is -0.118. The molecule has 0 radical (unpaired) electrons. The fraction of sp³-hybridized carbons (Fsp3) is 0.200. The molecule has 1 atom stereocenters. The number of methoxy groups -OCH3 is 1.